The average Bonchev–Trinajstić information content (AvgIpc) is 2.92. The lowest BCUT2D eigenvalue weighted by Gasteiger charge is -2.27. The summed E-state index contributed by atoms with van der Waals surface area (Å²) >= 11 is 0. The first-order valence-corrected chi connectivity index (χ1v) is 7.67. The van der Waals surface area contributed by atoms with Gasteiger partial charge in [0.05, 0.1) is 11.8 Å². The van der Waals surface area contributed by atoms with Gasteiger partial charge in [-0.1, -0.05) is 13.0 Å². The standard InChI is InChI=1S/C16H24N2O/c1-2-15-13(8-10-19-15)11-18-14-7-3-5-12-6-4-9-17-16(12)14/h4,6,9,13-15,18H,2-3,5,7-8,10-11H2,1H3. The van der Waals surface area contributed by atoms with Crippen LogP contribution in [0.15, 0.2) is 18.3 Å². The van der Waals surface area contributed by atoms with Crippen LogP contribution in [0.5, 0.6) is 0 Å². The Balaban J connectivity index is 1.62. The van der Waals surface area contributed by atoms with Crippen molar-refractivity contribution in [3.05, 3.63) is 29.6 Å². The van der Waals surface area contributed by atoms with Gasteiger partial charge in [0, 0.05) is 25.4 Å². The maximum atomic E-state index is 5.77. The Hall–Kier alpha value is -0.930. The molecule has 1 N–H and O–H groups in total. The van der Waals surface area contributed by atoms with Gasteiger partial charge in [-0.3, -0.25) is 4.98 Å². The molecule has 1 fully saturated rings. The maximum absolute atomic E-state index is 5.77. The molecule has 2 heterocycles. The third-order valence-electron chi connectivity index (χ3n) is 4.57. The van der Waals surface area contributed by atoms with Crippen molar-refractivity contribution in [2.75, 3.05) is 13.2 Å². The van der Waals surface area contributed by atoms with Gasteiger partial charge in [-0.25, -0.2) is 0 Å². The van der Waals surface area contributed by atoms with Crippen molar-refractivity contribution in [1.82, 2.24) is 10.3 Å². The highest BCUT2D eigenvalue weighted by Gasteiger charge is 2.28. The van der Waals surface area contributed by atoms with E-state index in [1.165, 1.54) is 36.9 Å². The zero-order valence-electron chi connectivity index (χ0n) is 11.8. The van der Waals surface area contributed by atoms with E-state index in [1.807, 2.05) is 6.20 Å². The van der Waals surface area contributed by atoms with Crippen molar-refractivity contribution < 1.29 is 4.74 Å². The van der Waals surface area contributed by atoms with Gasteiger partial charge in [-0.15, -0.1) is 0 Å². The molecule has 0 saturated carbocycles. The van der Waals surface area contributed by atoms with Crippen LogP contribution in [0.1, 0.15) is 49.9 Å². The summed E-state index contributed by atoms with van der Waals surface area (Å²) < 4.78 is 5.77. The molecule has 3 rings (SSSR count). The molecular weight excluding hydrogens is 236 g/mol. The number of nitrogens with one attached hydrogen (secondary N) is 1. The molecule has 0 spiro atoms. The van der Waals surface area contributed by atoms with E-state index < -0.39 is 0 Å². The summed E-state index contributed by atoms with van der Waals surface area (Å²) in [5.74, 6) is 0.680. The number of aryl methyl sites for hydroxylation is 1. The summed E-state index contributed by atoms with van der Waals surface area (Å²) in [4.78, 5) is 4.59. The largest absolute Gasteiger partial charge is 0.378 e. The summed E-state index contributed by atoms with van der Waals surface area (Å²) in [6.07, 6.45) is 8.39. The second kappa shape index (κ2) is 6.02. The molecule has 1 saturated heterocycles. The molecule has 3 heteroatoms. The first-order chi connectivity index (χ1) is 9.38. The lowest BCUT2D eigenvalue weighted by molar-refractivity contribution is 0.0864. The van der Waals surface area contributed by atoms with Crippen LogP contribution in [-0.2, 0) is 11.2 Å². The van der Waals surface area contributed by atoms with E-state index in [0.29, 0.717) is 18.1 Å². The van der Waals surface area contributed by atoms with E-state index in [0.717, 1.165) is 19.6 Å². The average molecular weight is 260 g/mol. The lowest BCUT2D eigenvalue weighted by atomic mass is 9.91. The number of aromatic nitrogens is 1. The predicted molar refractivity (Wildman–Crippen MR) is 76.1 cm³/mol. The second-order valence-corrected chi connectivity index (χ2v) is 5.77. The van der Waals surface area contributed by atoms with Gasteiger partial charge in [0.1, 0.15) is 0 Å². The Kier molecular flexibility index (Phi) is 4.14. The minimum atomic E-state index is 0.447. The highest BCUT2D eigenvalue weighted by Crippen LogP contribution is 2.29. The Bertz CT molecular complexity index is 421. The molecule has 0 aromatic carbocycles. The monoisotopic (exact) mass is 260 g/mol. The van der Waals surface area contributed by atoms with Crippen molar-refractivity contribution in [2.24, 2.45) is 5.92 Å². The van der Waals surface area contributed by atoms with Crippen molar-refractivity contribution in [3.63, 3.8) is 0 Å². The normalized spacial score (nSPS) is 30.3. The molecule has 0 radical (unpaired) electrons. The fourth-order valence-corrected chi connectivity index (χ4v) is 3.48. The smallest absolute Gasteiger partial charge is 0.0613 e. The lowest BCUT2D eigenvalue weighted by Crippen LogP contribution is -2.33. The molecule has 3 atom stereocenters. The molecule has 2 aliphatic rings. The van der Waals surface area contributed by atoms with Crippen LogP contribution >= 0.6 is 0 Å². The number of pyridine rings is 1. The summed E-state index contributed by atoms with van der Waals surface area (Å²) in [5, 5.41) is 3.74. The van der Waals surface area contributed by atoms with E-state index >= 15 is 0 Å². The van der Waals surface area contributed by atoms with Gasteiger partial charge >= 0.3 is 0 Å². The van der Waals surface area contributed by atoms with E-state index in [1.54, 1.807) is 0 Å². The van der Waals surface area contributed by atoms with Crippen LogP contribution in [0, 0.1) is 5.92 Å². The fourth-order valence-electron chi connectivity index (χ4n) is 3.48. The fraction of sp³-hybridized carbons (Fsp3) is 0.688. The number of hydrogen-bond donors (Lipinski definition) is 1. The van der Waals surface area contributed by atoms with Crippen molar-refractivity contribution in [1.29, 1.82) is 0 Å². The van der Waals surface area contributed by atoms with E-state index in [4.69, 9.17) is 4.74 Å². The minimum absolute atomic E-state index is 0.447. The molecule has 0 bridgehead atoms. The molecule has 104 valence electrons. The van der Waals surface area contributed by atoms with Crippen molar-refractivity contribution in [3.8, 4) is 0 Å². The molecule has 0 amide bonds. The van der Waals surface area contributed by atoms with Crippen LogP contribution in [0.25, 0.3) is 0 Å². The van der Waals surface area contributed by atoms with Gasteiger partial charge in [0.15, 0.2) is 0 Å². The summed E-state index contributed by atoms with van der Waals surface area (Å²) in [7, 11) is 0. The number of ether oxygens (including phenoxy) is 1. The van der Waals surface area contributed by atoms with E-state index in [-0.39, 0.29) is 0 Å². The topological polar surface area (TPSA) is 34.1 Å². The van der Waals surface area contributed by atoms with Gasteiger partial charge in [0.25, 0.3) is 0 Å². The minimum Gasteiger partial charge on any atom is -0.378 e. The molecule has 1 aromatic rings. The quantitative estimate of drug-likeness (QED) is 0.904. The summed E-state index contributed by atoms with van der Waals surface area (Å²) in [6, 6.07) is 4.73. The van der Waals surface area contributed by atoms with Crippen LogP contribution in [0.4, 0.5) is 0 Å². The molecule has 1 aliphatic heterocycles. The first kappa shape index (κ1) is 13.1. The van der Waals surface area contributed by atoms with Crippen LogP contribution in [0.2, 0.25) is 0 Å². The van der Waals surface area contributed by atoms with Crippen LogP contribution in [0.3, 0.4) is 0 Å². The first-order valence-electron chi connectivity index (χ1n) is 7.67. The highest BCUT2D eigenvalue weighted by molar-refractivity contribution is 5.25. The zero-order valence-corrected chi connectivity index (χ0v) is 11.8. The Morgan fingerprint density at radius 2 is 2.37 bits per heavy atom. The Labute approximate surface area is 115 Å². The number of fused-ring (bicyclic) bond motifs is 1. The second-order valence-electron chi connectivity index (χ2n) is 5.77. The number of hydrogen-bond acceptors (Lipinski definition) is 3. The van der Waals surface area contributed by atoms with Gasteiger partial charge in [0.2, 0.25) is 0 Å². The Morgan fingerprint density at radius 3 is 3.26 bits per heavy atom. The number of nitrogens with zero attached hydrogens (tertiary/aromatic N) is 1. The number of rotatable bonds is 4. The van der Waals surface area contributed by atoms with Gasteiger partial charge in [-0.05, 0) is 49.7 Å². The molecular formula is C16H24N2O. The molecule has 3 unspecified atom stereocenters. The Morgan fingerprint density at radius 1 is 1.42 bits per heavy atom. The van der Waals surface area contributed by atoms with Crippen molar-refractivity contribution >= 4 is 0 Å². The SMILES string of the molecule is CCC1OCCC1CNC1CCCc2cccnc21. The predicted octanol–water partition coefficient (Wildman–Crippen LogP) is 2.86. The van der Waals surface area contributed by atoms with Gasteiger partial charge in [-0.2, -0.15) is 0 Å². The molecule has 19 heavy (non-hydrogen) atoms. The molecule has 3 nitrogen and oxygen atoms in total. The van der Waals surface area contributed by atoms with E-state index in [2.05, 4.69) is 29.4 Å². The van der Waals surface area contributed by atoms with Crippen molar-refractivity contribution in [2.45, 2.75) is 51.2 Å². The highest BCUT2D eigenvalue weighted by atomic mass is 16.5. The molecule has 1 aliphatic carbocycles. The summed E-state index contributed by atoms with van der Waals surface area (Å²) in [6.45, 7) is 4.23. The van der Waals surface area contributed by atoms with Crippen LogP contribution in [-0.4, -0.2) is 24.2 Å². The third kappa shape index (κ3) is 2.82. The molecule has 1 aromatic heterocycles. The van der Waals surface area contributed by atoms with Gasteiger partial charge < -0.3 is 10.1 Å². The zero-order chi connectivity index (χ0) is 13.1. The third-order valence-corrected chi connectivity index (χ3v) is 4.57. The van der Waals surface area contributed by atoms with Crippen LogP contribution < -0.4 is 5.32 Å². The maximum Gasteiger partial charge on any atom is 0.0613 e. The summed E-state index contributed by atoms with van der Waals surface area (Å²) in [5.41, 5.74) is 2.71. The van der Waals surface area contributed by atoms with E-state index in [9.17, 15) is 0 Å².